The molecule has 8 nitrogen and oxygen atoms in total. The van der Waals surface area contributed by atoms with Gasteiger partial charge in [0, 0.05) is 19.3 Å². The molecule has 0 unspecified atom stereocenters. The number of aromatic nitrogens is 3. The molecule has 8 heteroatoms. The number of hydrogen-bond donors (Lipinski definition) is 1. The topological polar surface area (TPSA) is 93.7 Å². The normalized spacial score (nSPS) is 16.6. The number of aliphatic hydroxyl groups excluding tert-OH is 1. The van der Waals surface area contributed by atoms with E-state index in [0.29, 0.717) is 35.3 Å². The number of aliphatic hydroxyl groups is 1. The van der Waals surface area contributed by atoms with Gasteiger partial charge in [0.15, 0.2) is 11.5 Å². The molecule has 1 aliphatic heterocycles. The van der Waals surface area contributed by atoms with E-state index in [-0.39, 0.29) is 6.10 Å². The minimum Gasteiger partial charge on any atom is -0.493 e. The summed E-state index contributed by atoms with van der Waals surface area (Å²) in [5.41, 5.74) is 1.40. The summed E-state index contributed by atoms with van der Waals surface area (Å²) in [7, 11) is 3.15. The van der Waals surface area contributed by atoms with Crippen LogP contribution in [0.4, 0.5) is 5.82 Å². The van der Waals surface area contributed by atoms with Crippen LogP contribution in [0.1, 0.15) is 6.42 Å². The van der Waals surface area contributed by atoms with E-state index < -0.39 is 0 Å². The molecule has 3 heterocycles. The average Bonchev–Trinajstić information content (AvgIpc) is 3.37. The van der Waals surface area contributed by atoms with Crippen molar-refractivity contribution in [3.63, 3.8) is 0 Å². The molecule has 0 aliphatic carbocycles. The Hall–Kier alpha value is -3.13. The monoisotopic (exact) mass is 368 g/mol. The van der Waals surface area contributed by atoms with Crippen molar-refractivity contribution in [3.8, 4) is 34.3 Å². The molecule has 3 aromatic rings. The summed E-state index contributed by atoms with van der Waals surface area (Å²) in [6.45, 7) is 1.40. The Morgan fingerprint density at radius 2 is 2.07 bits per heavy atom. The van der Waals surface area contributed by atoms with E-state index in [2.05, 4.69) is 20.0 Å². The first-order chi connectivity index (χ1) is 13.2. The van der Waals surface area contributed by atoms with Crippen LogP contribution in [-0.4, -0.2) is 53.6 Å². The van der Waals surface area contributed by atoms with Gasteiger partial charge in [-0.1, -0.05) is 11.2 Å². The Kier molecular flexibility index (Phi) is 4.64. The largest absolute Gasteiger partial charge is 0.493 e. The zero-order chi connectivity index (χ0) is 18.8. The second-order valence-corrected chi connectivity index (χ2v) is 6.26. The quantitative estimate of drug-likeness (QED) is 0.734. The minimum absolute atomic E-state index is 0.289. The third-order valence-corrected chi connectivity index (χ3v) is 4.55. The fraction of sp³-hybridized carbons (Fsp3) is 0.316. The molecule has 1 atom stereocenters. The van der Waals surface area contributed by atoms with E-state index in [1.165, 1.54) is 0 Å². The van der Waals surface area contributed by atoms with Gasteiger partial charge in [-0.15, -0.1) is 0 Å². The van der Waals surface area contributed by atoms with Crippen LogP contribution in [0.15, 0.2) is 41.1 Å². The lowest BCUT2D eigenvalue weighted by Crippen LogP contribution is -2.21. The lowest BCUT2D eigenvalue weighted by atomic mass is 10.1. The summed E-state index contributed by atoms with van der Waals surface area (Å²) in [5, 5.41) is 13.7. The summed E-state index contributed by atoms with van der Waals surface area (Å²) in [5.74, 6) is 2.75. The van der Waals surface area contributed by atoms with Crippen molar-refractivity contribution < 1.29 is 19.1 Å². The SMILES string of the molecule is COc1cccc(-c2noc(-c3ccc(N4CC[C@H](O)C4)nc3)n2)c1OC. The predicted molar refractivity (Wildman–Crippen MR) is 98.9 cm³/mol. The molecule has 1 aromatic carbocycles. The van der Waals surface area contributed by atoms with Crippen molar-refractivity contribution >= 4 is 5.82 Å². The van der Waals surface area contributed by atoms with E-state index in [0.717, 1.165) is 24.3 Å². The molecule has 2 aromatic heterocycles. The van der Waals surface area contributed by atoms with Crippen LogP contribution in [0.2, 0.25) is 0 Å². The number of methoxy groups -OCH3 is 2. The lowest BCUT2D eigenvalue weighted by molar-refractivity contribution is 0.198. The molecule has 1 N–H and O–H groups in total. The van der Waals surface area contributed by atoms with Crippen LogP contribution < -0.4 is 14.4 Å². The zero-order valence-corrected chi connectivity index (χ0v) is 15.1. The number of rotatable bonds is 5. The summed E-state index contributed by atoms with van der Waals surface area (Å²) in [6.07, 6.45) is 2.17. The standard InChI is InChI=1S/C19H20N4O4/c1-25-15-5-3-4-14(17(15)26-2)18-21-19(27-22-18)12-6-7-16(20-10-12)23-9-8-13(24)11-23/h3-7,10,13,24H,8-9,11H2,1-2H3/t13-/m0/s1. The van der Waals surface area contributed by atoms with Gasteiger partial charge < -0.3 is 24.0 Å². The van der Waals surface area contributed by atoms with E-state index in [9.17, 15) is 5.11 Å². The third kappa shape index (κ3) is 3.31. The van der Waals surface area contributed by atoms with E-state index in [4.69, 9.17) is 14.0 Å². The number of para-hydroxylation sites is 1. The second kappa shape index (κ2) is 7.24. The van der Waals surface area contributed by atoms with E-state index >= 15 is 0 Å². The van der Waals surface area contributed by atoms with Crippen LogP contribution in [0.3, 0.4) is 0 Å². The maximum absolute atomic E-state index is 9.66. The fourth-order valence-electron chi connectivity index (χ4n) is 3.16. The number of nitrogens with zero attached hydrogens (tertiary/aromatic N) is 4. The summed E-state index contributed by atoms with van der Waals surface area (Å²) >= 11 is 0. The van der Waals surface area contributed by atoms with Gasteiger partial charge in [-0.25, -0.2) is 4.98 Å². The molecule has 4 rings (SSSR count). The van der Waals surface area contributed by atoms with Crippen LogP contribution in [0.5, 0.6) is 11.5 Å². The highest BCUT2D eigenvalue weighted by atomic mass is 16.5. The number of hydrogen-bond acceptors (Lipinski definition) is 8. The first-order valence-electron chi connectivity index (χ1n) is 8.64. The smallest absolute Gasteiger partial charge is 0.259 e. The Labute approximate surface area is 156 Å². The van der Waals surface area contributed by atoms with Gasteiger partial charge in [-0.05, 0) is 30.7 Å². The molecular weight excluding hydrogens is 348 g/mol. The number of benzene rings is 1. The molecule has 27 heavy (non-hydrogen) atoms. The summed E-state index contributed by atoms with van der Waals surface area (Å²) in [6, 6.07) is 9.27. The highest BCUT2D eigenvalue weighted by Gasteiger charge is 2.22. The molecule has 0 radical (unpaired) electrons. The molecule has 0 amide bonds. The minimum atomic E-state index is -0.289. The Morgan fingerprint density at radius 1 is 1.19 bits per heavy atom. The zero-order valence-electron chi connectivity index (χ0n) is 15.1. The molecular formula is C19H20N4O4. The van der Waals surface area contributed by atoms with Crippen molar-refractivity contribution in [2.75, 3.05) is 32.2 Å². The van der Waals surface area contributed by atoms with Crippen LogP contribution >= 0.6 is 0 Å². The third-order valence-electron chi connectivity index (χ3n) is 4.55. The van der Waals surface area contributed by atoms with Gasteiger partial charge in [0.25, 0.3) is 5.89 Å². The number of β-amino-alcohol motifs (C(OH)–C–C–N with tert-alkyl or cyclic N) is 1. The van der Waals surface area contributed by atoms with Gasteiger partial charge in [0.1, 0.15) is 5.82 Å². The lowest BCUT2D eigenvalue weighted by Gasteiger charge is -2.16. The van der Waals surface area contributed by atoms with Gasteiger partial charge in [-0.2, -0.15) is 4.98 Å². The van der Waals surface area contributed by atoms with Crippen molar-refractivity contribution in [3.05, 3.63) is 36.5 Å². The molecule has 1 fully saturated rings. The number of anilines is 1. The molecule has 1 aliphatic rings. The van der Waals surface area contributed by atoms with Crippen molar-refractivity contribution in [2.45, 2.75) is 12.5 Å². The molecule has 140 valence electrons. The second-order valence-electron chi connectivity index (χ2n) is 6.26. The number of ether oxygens (including phenoxy) is 2. The van der Waals surface area contributed by atoms with E-state index in [1.807, 2.05) is 24.3 Å². The van der Waals surface area contributed by atoms with Gasteiger partial charge in [0.2, 0.25) is 5.82 Å². The van der Waals surface area contributed by atoms with Gasteiger partial charge in [0.05, 0.1) is 31.5 Å². The van der Waals surface area contributed by atoms with Crippen LogP contribution in [-0.2, 0) is 0 Å². The predicted octanol–water partition coefficient (Wildman–Crippen LogP) is 2.39. The molecule has 0 bridgehead atoms. The van der Waals surface area contributed by atoms with Crippen LogP contribution in [0.25, 0.3) is 22.8 Å². The summed E-state index contributed by atoms with van der Waals surface area (Å²) in [4.78, 5) is 11.0. The Morgan fingerprint density at radius 3 is 2.74 bits per heavy atom. The Balaban J connectivity index is 1.60. The average molecular weight is 368 g/mol. The molecule has 0 saturated carbocycles. The first-order valence-corrected chi connectivity index (χ1v) is 8.64. The van der Waals surface area contributed by atoms with Gasteiger partial charge >= 0.3 is 0 Å². The fourth-order valence-corrected chi connectivity index (χ4v) is 3.16. The molecule has 1 saturated heterocycles. The maximum atomic E-state index is 9.66. The molecule has 0 spiro atoms. The maximum Gasteiger partial charge on any atom is 0.259 e. The van der Waals surface area contributed by atoms with Crippen LogP contribution in [0, 0.1) is 0 Å². The van der Waals surface area contributed by atoms with Crippen molar-refractivity contribution in [2.24, 2.45) is 0 Å². The highest BCUT2D eigenvalue weighted by Crippen LogP contribution is 2.37. The highest BCUT2D eigenvalue weighted by molar-refractivity contribution is 5.69. The van der Waals surface area contributed by atoms with Crippen molar-refractivity contribution in [1.29, 1.82) is 0 Å². The summed E-state index contributed by atoms with van der Waals surface area (Å²) < 4.78 is 16.2. The van der Waals surface area contributed by atoms with Crippen molar-refractivity contribution in [1.82, 2.24) is 15.1 Å². The number of pyridine rings is 1. The van der Waals surface area contributed by atoms with Gasteiger partial charge in [-0.3, -0.25) is 0 Å². The Bertz CT molecular complexity index is 926. The first kappa shape index (κ1) is 17.3. The van der Waals surface area contributed by atoms with E-state index in [1.54, 1.807) is 26.5 Å².